The van der Waals surface area contributed by atoms with Crippen molar-refractivity contribution < 1.29 is 28.7 Å². The Labute approximate surface area is 339 Å². The van der Waals surface area contributed by atoms with E-state index in [9.17, 15) is 14.4 Å². The molecule has 16 nitrogen and oxygen atoms in total. The number of likely N-dealkylation sites (N-methyl/N-ethyl adjacent to an activating group) is 1. The lowest BCUT2D eigenvalue weighted by atomic mass is 10.0. The fourth-order valence-corrected chi connectivity index (χ4v) is 6.46. The van der Waals surface area contributed by atoms with Gasteiger partial charge in [0.1, 0.15) is 23.3 Å². The number of nitrogens with zero attached hydrogens (tertiary/aromatic N) is 5. The fraction of sp³-hybridized carbons (Fsp3) is 0.452. The van der Waals surface area contributed by atoms with Crippen molar-refractivity contribution in [2.24, 2.45) is 5.92 Å². The van der Waals surface area contributed by atoms with Crippen LogP contribution in [0.2, 0.25) is 0 Å². The number of imidazole rings is 3. The van der Waals surface area contributed by atoms with Crippen molar-refractivity contribution >= 4 is 30.0 Å². The molecule has 0 bridgehead atoms. The number of rotatable bonds is 15. The number of ether oxygens (including phenoxy) is 2. The molecule has 6 rings (SSSR count). The van der Waals surface area contributed by atoms with E-state index >= 15 is 0 Å². The second-order valence-electron chi connectivity index (χ2n) is 14.2. The Kier molecular flexibility index (Phi) is 17.4. The molecule has 1 aliphatic rings. The summed E-state index contributed by atoms with van der Waals surface area (Å²) in [5.41, 5.74) is 6.45. The van der Waals surface area contributed by atoms with E-state index in [4.69, 9.17) is 14.5 Å². The van der Waals surface area contributed by atoms with Gasteiger partial charge in [-0.3, -0.25) is 14.4 Å². The molecule has 1 aromatic carbocycles. The van der Waals surface area contributed by atoms with Crippen LogP contribution in [0.15, 0.2) is 61.2 Å². The number of aryl methyl sites for hydroxylation is 1. The van der Waals surface area contributed by atoms with Gasteiger partial charge in [-0.05, 0) is 56.3 Å². The molecular weight excluding hydrogens is 741 g/mol. The minimum Gasteiger partial charge on any atom is -0.471 e. The van der Waals surface area contributed by atoms with Crippen LogP contribution in [-0.2, 0) is 30.3 Å². The Hall–Kier alpha value is -6.03. The predicted molar refractivity (Wildman–Crippen MR) is 223 cm³/mol. The van der Waals surface area contributed by atoms with Crippen molar-refractivity contribution in [1.29, 1.82) is 0 Å². The zero-order valence-electron chi connectivity index (χ0n) is 34.6. The molecule has 5 aromatic rings. The molecule has 0 aliphatic carbocycles. The van der Waals surface area contributed by atoms with E-state index < -0.39 is 12.1 Å². The SMILES string of the molecule is CCC.CNCC(=O)NCCCCc1ncc(-c2ccn3cc(-c4ccc(-c5cnc(C6CCCN6C(=O)C(NC(=O)OC)C(C)C)[nH]5)cc4)nc3c2)[nH]1.COC=O. The Morgan fingerprint density at radius 2 is 1.67 bits per heavy atom. The van der Waals surface area contributed by atoms with Crippen LogP contribution in [0.25, 0.3) is 39.4 Å². The number of pyridine rings is 1. The number of carbonyl (C=O) groups is 4. The lowest BCUT2D eigenvalue weighted by Gasteiger charge is -2.30. The molecule has 1 fully saturated rings. The van der Waals surface area contributed by atoms with Gasteiger partial charge in [-0.1, -0.05) is 58.4 Å². The van der Waals surface area contributed by atoms with Crippen LogP contribution in [0.4, 0.5) is 4.79 Å². The first-order valence-corrected chi connectivity index (χ1v) is 19.8. The quantitative estimate of drug-likeness (QED) is 0.0648. The Morgan fingerprint density at radius 1 is 0.983 bits per heavy atom. The van der Waals surface area contributed by atoms with Crippen LogP contribution < -0.4 is 16.0 Å². The molecule has 5 N–H and O–H groups in total. The van der Waals surface area contributed by atoms with Crippen LogP contribution in [0.5, 0.6) is 0 Å². The lowest BCUT2D eigenvalue weighted by Crippen LogP contribution is -2.51. The van der Waals surface area contributed by atoms with E-state index in [1.807, 2.05) is 78.1 Å². The van der Waals surface area contributed by atoms with Crippen LogP contribution in [0, 0.1) is 5.92 Å². The van der Waals surface area contributed by atoms with Crippen molar-refractivity contribution in [3.63, 3.8) is 0 Å². The van der Waals surface area contributed by atoms with E-state index in [-0.39, 0.29) is 23.8 Å². The van der Waals surface area contributed by atoms with Gasteiger partial charge in [0.25, 0.3) is 6.47 Å². The molecule has 2 atom stereocenters. The van der Waals surface area contributed by atoms with Crippen molar-refractivity contribution in [2.75, 3.05) is 40.9 Å². The summed E-state index contributed by atoms with van der Waals surface area (Å²) in [5, 5.41) is 8.44. The van der Waals surface area contributed by atoms with Crippen molar-refractivity contribution in [2.45, 2.75) is 78.3 Å². The second kappa shape index (κ2) is 22.6. The molecule has 58 heavy (non-hydrogen) atoms. The van der Waals surface area contributed by atoms with Crippen molar-refractivity contribution in [3.8, 4) is 33.8 Å². The zero-order valence-corrected chi connectivity index (χ0v) is 34.6. The number of carbonyl (C=O) groups excluding carboxylic acids is 4. The number of methoxy groups -OCH3 is 2. The first kappa shape index (κ1) is 44.7. The number of unbranched alkanes of at least 4 members (excludes halogenated alkanes) is 1. The number of hydrogen-bond donors (Lipinski definition) is 5. The summed E-state index contributed by atoms with van der Waals surface area (Å²) in [4.78, 5) is 68.8. The molecule has 1 aliphatic heterocycles. The van der Waals surface area contributed by atoms with E-state index in [1.165, 1.54) is 20.6 Å². The van der Waals surface area contributed by atoms with Crippen molar-refractivity contribution in [3.05, 3.63) is 72.8 Å². The smallest absolute Gasteiger partial charge is 0.407 e. The van der Waals surface area contributed by atoms with Gasteiger partial charge in [0.05, 0.1) is 56.3 Å². The molecule has 0 radical (unpaired) electrons. The maximum absolute atomic E-state index is 13.5. The Balaban J connectivity index is 0.000000987. The first-order chi connectivity index (χ1) is 28.1. The summed E-state index contributed by atoms with van der Waals surface area (Å²) in [6, 6.07) is 11.4. The standard InChI is InChI=1S/C37H46N10O4.C3H8.C2H4O2/c1-23(2)34(45-37(50)51-4)36(49)47-16-7-8-30(47)35-41-20-27(44-35)24-10-12-25(13-11-24)29-22-46-17-14-26(18-32(46)43-29)28-19-40-31(42-28)9-5-6-15-39-33(48)21-38-3;1-3-2;1-4-2-3/h10-14,17-20,22-23,30,34,38H,5-9,15-16,21H2,1-4H3,(H,39,48)(H,40,42)(H,41,44)(H,45,50);3H2,1-2H3;2H,1H3. The number of aromatic amines is 2. The third-order valence-electron chi connectivity index (χ3n) is 9.33. The summed E-state index contributed by atoms with van der Waals surface area (Å²) in [6.07, 6.45) is 12.6. The maximum Gasteiger partial charge on any atom is 0.407 e. The number of H-pyrrole nitrogens is 2. The summed E-state index contributed by atoms with van der Waals surface area (Å²) in [5.74, 6) is 1.42. The van der Waals surface area contributed by atoms with Gasteiger partial charge in [0, 0.05) is 43.0 Å². The fourth-order valence-electron chi connectivity index (χ4n) is 6.46. The Morgan fingerprint density at radius 3 is 2.34 bits per heavy atom. The summed E-state index contributed by atoms with van der Waals surface area (Å²) in [7, 11) is 4.36. The minimum atomic E-state index is -0.679. The van der Waals surface area contributed by atoms with Gasteiger partial charge in [-0.25, -0.2) is 19.7 Å². The summed E-state index contributed by atoms with van der Waals surface area (Å²) in [6.45, 7) is 10.0. The highest BCUT2D eigenvalue weighted by molar-refractivity contribution is 5.86. The molecule has 3 amide bonds. The second-order valence-corrected chi connectivity index (χ2v) is 14.2. The molecule has 312 valence electrons. The number of benzene rings is 1. The predicted octanol–water partition coefficient (Wildman–Crippen LogP) is 5.69. The molecule has 1 saturated heterocycles. The molecule has 0 saturated carbocycles. The van der Waals surface area contributed by atoms with Crippen LogP contribution in [0.1, 0.15) is 77.5 Å². The molecule has 4 aromatic heterocycles. The van der Waals surface area contributed by atoms with Crippen LogP contribution in [-0.4, -0.2) is 106 Å². The van der Waals surface area contributed by atoms with Gasteiger partial charge in [0.15, 0.2) is 0 Å². The van der Waals surface area contributed by atoms with Gasteiger partial charge in [0.2, 0.25) is 11.8 Å². The molecule has 2 unspecified atom stereocenters. The average Bonchev–Trinajstić information content (AvgIpc) is 4.06. The van der Waals surface area contributed by atoms with E-state index in [2.05, 4.69) is 54.5 Å². The number of likely N-dealkylation sites (tertiary alicyclic amines) is 1. The monoisotopic (exact) mass is 798 g/mol. The van der Waals surface area contributed by atoms with E-state index in [0.29, 0.717) is 26.1 Å². The van der Waals surface area contributed by atoms with Crippen molar-refractivity contribution in [1.82, 2.24) is 50.2 Å². The molecule has 16 heteroatoms. The van der Waals surface area contributed by atoms with Gasteiger partial charge in [-0.2, -0.15) is 0 Å². The van der Waals surface area contributed by atoms with E-state index in [0.717, 1.165) is 83.2 Å². The lowest BCUT2D eigenvalue weighted by molar-refractivity contribution is -0.135. The third-order valence-corrected chi connectivity index (χ3v) is 9.33. The summed E-state index contributed by atoms with van der Waals surface area (Å²) >= 11 is 0. The number of alkyl carbamates (subject to hydrolysis) is 1. The zero-order chi connectivity index (χ0) is 42.0. The third kappa shape index (κ3) is 12.2. The molecule has 5 heterocycles. The topological polar surface area (TPSA) is 201 Å². The van der Waals surface area contributed by atoms with Crippen LogP contribution in [0.3, 0.4) is 0 Å². The number of amides is 3. The highest BCUT2D eigenvalue weighted by Crippen LogP contribution is 2.33. The number of hydrogen-bond acceptors (Lipinski definition) is 10. The number of aromatic nitrogens is 6. The first-order valence-electron chi connectivity index (χ1n) is 19.8. The van der Waals surface area contributed by atoms with Gasteiger partial charge >= 0.3 is 6.09 Å². The Bertz CT molecular complexity index is 2050. The number of fused-ring (bicyclic) bond motifs is 1. The number of nitrogens with one attached hydrogen (secondary N) is 5. The summed E-state index contributed by atoms with van der Waals surface area (Å²) < 4.78 is 10.6. The van der Waals surface area contributed by atoms with E-state index in [1.54, 1.807) is 13.2 Å². The van der Waals surface area contributed by atoms with Gasteiger partial charge < -0.3 is 44.7 Å². The normalized spacial score (nSPS) is 13.9. The molecule has 0 spiro atoms. The highest BCUT2D eigenvalue weighted by atomic mass is 16.5. The minimum absolute atomic E-state index is 0.00703. The molecular formula is C42H58N10O6. The van der Waals surface area contributed by atoms with Gasteiger partial charge in [-0.15, -0.1) is 0 Å². The maximum atomic E-state index is 13.5. The average molecular weight is 799 g/mol. The largest absolute Gasteiger partial charge is 0.471 e. The highest BCUT2D eigenvalue weighted by Gasteiger charge is 2.37. The van der Waals surface area contributed by atoms with Crippen LogP contribution >= 0.6 is 0 Å².